The minimum Gasteiger partial charge on any atom is -0.507 e. The molecule has 18 heavy (non-hydrogen) atoms. The molecule has 1 aromatic rings. The zero-order chi connectivity index (χ0) is 13.7. The van der Waals surface area contributed by atoms with Crippen LogP contribution >= 0.6 is 15.9 Å². The molecular weight excluding hydrogens is 294 g/mol. The molecule has 1 atom stereocenters. The molecule has 4 heteroatoms. The number of phenolic OH excluding ortho intramolecular Hbond substituents is 1. The van der Waals surface area contributed by atoms with Crippen LogP contribution in [0.1, 0.15) is 25.0 Å². The first-order chi connectivity index (χ1) is 8.49. The van der Waals surface area contributed by atoms with Crippen LogP contribution in [0.25, 0.3) is 0 Å². The third-order valence-corrected chi connectivity index (χ3v) is 3.61. The van der Waals surface area contributed by atoms with E-state index in [9.17, 15) is 5.11 Å². The minimum absolute atomic E-state index is 0.332. The molecule has 0 radical (unpaired) electrons. The van der Waals surface area contributed by atoms with Crippen LogP contribution in [0.2, 0.25) is 0 Å². The number of phenols is 1. The lowest BCUT2D eigenvalue weighted by Gasteiger charge is -2.27. The van der Waals surface area contributed by atoms with Crippen molar-refractivity contribution in [3.8, 4) is 5.75 Å². The Morgan fingerprint density at radius 2 is 2.11 bits per heavy atom. The molecule has 0 spiro atoms. The van der Waals surface area contributed by atoms with Crippen LogP contribution in [0.4, 0.5) is 0 Å². The van der Waals surface area contributed by atoms with E-state index in [0.29, 0.717) is 18.4 Å². The monoisotopic (exact) mass is 315 g/mol. The maximum absolute atomic E-state index is 10.1. The lowest BCUT2D eigenvalue weighted by atomic mass is 10.1. The van der Waals surface area contributed by atoms with Crippen molar-refractivity contribution in [1.82, 2.24) is 4.90 Å². The zero-order valence-corrected chi connectivity index (χ0v) is 13.1. The van der Waals surface area contributed by atoms with Crippen LogP contribution in [0.5, 0.6) is 5.75 Å². The average Bonchev–Trinajstić information content (AvgIpc) is 2.32. The van der Waals surface area contributed by atoms with Crippen molar-refractivity contribution in [2.75, 3.05) is 20.3 Å². The van der Waals surface area contributed by atoms with Crippen LogP contribution in [0.15, 0.2) is 16.6 Å². The maximum atomic E-state index is 10.1. The van der Waals surface area contributed by atoms with Gasteiger partial charge in [0.25, 0.3) is 0 Å². The van der Waals surface area contributed by atoms with E-state index in [2.05, 4.69) is 34.7 Å². The lowest BCUT2D eigenvalue weighted by molar-refractivity contribution is 0.0976. The first kappa shape index (κ1) is 15.5. The number of hydrogen-bond acceptors (Lipinski definition) is 3. The second kappa shape index (κ2) is 7.12. The van der Waals surface area contributed by atoms with Gasteiger partial charge in [0.05, 0.1) is 6.61 Å². The van der Waals surface area contributed by atoms with E-state index in [0.717, 1.165) is 28.7 Å². The molecule has 0 fully saturated rings. The summed E-state index contributed by atoms with van der Waals surface area (Å²) in [6.07, 6.45) is 0. The van der Waals surface area contributed by atoms with Gasteiger partial charge in [-0.1, -0.05) is 22.9 Å². The van der Waals surface area contributed by atoms with Crippen LogP contribution < -0.4 is 0 Å². The number of methoxy groups -OCH3 is 1. The van der Waals surface area contributed by atoms with Gasteiger partial charge < -0.3 is 9.84 Å². The quantitative estimate of drug-likeness (QED) is 0.874. The van der Waals surface area contributed by atoms with Gasteiger partial charge in [0, 0.05) is 29.7 Å². The summed E-state index contributed by atoms with van der Waals surface area (Å²) in [4.78, 5) is 2.28. The van der Waals surface area contributed by atoms with Gasteiger partial charge in [-0.3, -0.25) is 4.90 Å². The van der Waals surface area contributed by atoms with E-state index < -0.39 is 0 Å². The third-order valence-electron chi connectivity index (χ3n) is 3.16. The van der Waals surface area contributed by atoms with Gasteiger partial charge >= 0.3 is 0 Å². The second-order valence-corrected chi connectivity index (χ2v) is 5.51. The Kier molecular flexibility index (Phi) is 6.12. The van der Waals surface area contributed by atoms with Crippen molar-refractivity contribution in [2.24, 2.45) is 0 Å². The number of rotatable bonds is 6. The Bertz CT molecular complexity index is 396. The molecular formula is C14H22BrNO2. The van der Waals surface area contributed by atoms with Crippen molar-refractivity contribution in [3.63, 3.8) is 0 Å². The van der Waals surface area contributed by atoms with Crippen molar-refractivity contribution in [1.29, 1.82) is 0 Å². The van der Waals surface area contributed by atoms with E-state index in [1.807, 2.05) is 19.1 Å². The highest BCUT2D eigenvalue weighted by molar-refractivity contribution is 9.10. The number of hydrogen-bond donors (Lipinski definition) is 1. The summed E-state index contributed by atoms with van der Waals surface area (Å²) in [7, 11) is 1.71. The first-order valence-corrected chi connectivity index (χ1v) is 6.99. The van der Waals surface area contributed by atoms with Crippen molar-refractivity contribution in [3.05, 3.63) is 27.7 Å². The van der Waals surface area contributed by atoms with E-state index in [4.69, 9.17) is 4.74 Å². The number of ether oxygens (including phenoxy) is 1. The Hall–Kier alpha value is -0.580. The molecule has 1 unspecified atom stereocenters. The molecule has 0 bridgehead atoms. The Morgan fingerprint density at radius 1 is 1.44 bits per heavy atom. The van der Waals surface area contributed by atoms with Crippen LogP contribution in [0, 0.1) is 6.92 Å². The Labute approximate surface area is 118 Å². The molecule has 0 amide bonds. The Morgan fingerprint density at radius 3 is 2.67 bits per heavy atom. The van der Waals surface area contributed by atoms with Gasteiger partial charge in [-0.25, -0.2) is 0 Å². The van der Waals surface area contributed by atoms with Crippen LogP contribution in [-0.4, -0.2) is 36.3 Å². The largest absolute Gasteiger partial charge is 0.507 e. The van der Waals surface area contributed by atoms with E-state index in [1.165, 1.54) is 0 Å². The van der Waals surface area contributed by atoms with Crippen LogP contribution in [0.3, 0.4) is 0 Å². The molecule has 0 heterocycles. The standard InChI is InChI=1S/C14H22BrNO2/c1-5-16(11(3)9-18-4)8-12-7-13(15)6-10(2)14(12)17/h6-7,11,17H,5,8-9H2,1-4H3. The highest BCUT2D eigenvalue weighted by atomic mass is 79.9. The molecule has 0 aliphatic heterocycles. The summed E-state index contributed by atoms with van der Waals surface area (Å²) in [5.74, 6) is 0.390. The number of aryl methyl sites for hydroxylation is 1. The van der Waals surface area contributed by atoms with Crippen molar-refractivity contribution >= 4 is 15.9 Å². The Balaban J connectivity index is 2.88. The fourth-order valence-electron chi connectivity index (χ4n) is 2.07. The van der Waals surface area contributed by atoms with E-state index in [1.54, 1.807) is 7.11 Å². The SMILES string of the molecule is CCN(Cc1cc(Br)cc(C)c1O)C(C)COC. The van der Waals surface area contributed by atoms with Gasteiger partial charge in [0.1, 0.15) is 5.75 Å². The molecule has 102 valence electrons. The molecule has 1 N–H and O–H groups in total. The minimum atomic E-state index is 0.332. The number of likely N-dealkylation sites (N-methyl/N-ethyl adjacent to an activating group) is 1. The maximum Gasteiger partial charge on any atom is 0.123 e. The summed E-state index contributed by atoms with van der Waals surface area (Å²) in [5.41, 5.74) is 1.85. The van der Waals surface area contributed by atoms with E-state index >= 15 is 0 Å². The highest BCUT2D eigenvalue weighted by Gasteiger charge is 2.15. The number of halogens is 1. The molecule has 3 nitrogen and oxygen atoms in total. The molecule has 1 rings (SSSR count). The smallest absolute Gasteiger partial charge is 0.123 e. The molecule has 0 aromatic heterocycles. The molecule has 1 aromatic carbocycles. The topological polar surface area (TPSA) is 32.7 Å². The molecule has 0 aliphatic rings. The predicted molar refractivity (Wildman–Crippen MR) is 78.0 cm³/mol. The van der Waals surface area contributed by atoms with Gasteiger partial charge in [-0.2, -0.15) is 0 Å². The number of benzene rings is 1. The molecule has 0 saturated heterocycles. The van der Waals surface area contributed by atoms with Gasteiger partial charge in [-0.15, -0.1) is 0 Å². The lowest BCUT2D eigenvalue weighted by Crippen LogP contribution is -2.35. The van der Waals surface area contributed by atoms with E-state index in [-0.39, 0.29) is 0 Å². The molecule has 0 saturated carbocycles. The first-order valence-electron chi connectivity index (χ1n) is 6.20. The molecule has 0 aliphatic carbocycles. The van der Waals surface area contributed by atoms with Crippen molar-refractivity contribution < 1.29 is 9.84 Å². The zero-order valence-electron chi connectivity index (χ0n) is 11.5. The number of aromatic hydroxyl groups is 1. The van der Waals surface area contributed by atoms with Crippen molar-refractivity contribution in [2.45, 2.75) is 33.4 Å². The summed E-state index contributed by atoms with van der Waals surface area (Å²) in [6.45, 7) is 8.52. The normalized spacial score (nSPS) is 13.0. The summed E-state index contributed by atoms with van der Waals surface area (Å²) < 4.78 is 6.19. The van der Waals surface area contributed by atoms with Gasteiger partial charge in [-0.05, 0) is 38.1 Å². The highest BCUT2D eigenvalue weighted by Crippen LogP contribution is 2.28. The predicted octanol–water partition coefficient (Wildman–Crippen LogP) is 3.32. The summed E-state index contributed by atoms with van der Waals surface area (Å²) >= 11 is 3.47. The fourth-order valence-corrected chi connectivity index (χ4v) is 2.69. The third kappa shape index (κ3) is 3.97. The second-order valence-electron chi connectivity index (χ2n) is 4.60. The summed E-state index contributed by atoms with van der Waals surface area (Å²) in [6, 6.07) is 4.23. The van der Waals surface area contributed by atoms with Gasteiger partial charge in [0.2, 0.25) is 0 Å². The van der Waals surface area contributed by atoms with Gasteiger partial charge in [0.15, 0.2) is 0 Å². The summed E-state index contributed by atoms with van der Waals surface area (Å²) in [5, 5.41) is 10.1. The number of nitrogens with zero attached hydrogens (tertiary/aromatic N) is 1. The fraction of sp³-hybridized carbons (Fsp3) is 0.571. The van der Waals surface area contributed by atoms with Crippen LogP contribution in [-0.2, 0) is 11.3 Å². The average molecular weight is 316 g/mol.